The first-order valence-electron chi connectivity index (χ1n) is 6.55. The molecule has 85 valence electrons. The van der Waals surface area contributed by atoms with Crippen LogP contribution in [0.4, 0.5) is 0 Å². The molecule has 1 radical (unpaired) electrons. The molecule has 1 atom stereocenters. The smallest absolute Gasteiger partial charge is 0.0184 e. The van der Waals surface area contributed by atoms with Gasteiger partial charge in [0.25, 0.3) is 0 Å². The largest absolute Gasteiger partial charge is 0.0804 e. The van der Waals surface area contributed by atoms with Gasteiger partial charge in [-0.05, 0) is 42.4 Å². The molecule has 1 aromatic rings. The monoisotopic (exact) mass is 213 g/mol. The summed E-state index contributed by atoms with van der Waals surface area (Å²) in [6.07, 6.45) is 10.5. The van der Waals surface area contributed by atoms with Crippen LogP contribution in [0.5, 0.6) is 0 Å². The molecule has 0 saturated carbocycles. The minimum absolute atomic E-state index is 0.943. The Bertz CT molecular complexity index is 334. The Hall–Kier alpha value is -1.04. The van der Waals surface area contributed by atoms with E-state index in [-0.39, 0.29) is 0 Å². The highest BCUT2D eigenvalue weighted by atomic mass is 14.2. The Kier molecular flexibility index (Phi) is 4.21. The molecule has 1 aliphatic rings. The normalized spacial score (nSPS) is 20.6. The molecule has 0 spiro atoms. The summed E-state index contributed by atoms with van der Waals surface area (Å²) < 4.78 is 0. The average Bonchev–Trinajstić information content (AvgIpc) is 2.38. The first-order valence-corrected chi connectivity index (χ1v) is 6.55. The summed E-state index contributed by atoms with van der Waals surface area (Å²) in [6, 6.07) is 11.5. The van der Waals surface area contributed by atoms with Crippen LogP contribution in [0.3, 0.4) is 0 Å². The zero-order chi connectivity index (χ0) is 11.2. The van der Waals surface area contributed by atoms with E-state index in [4.69, 9.17) is 0 Å². The van der Waals surface area contributed by atoms with E-state index in [2.05, 4.69) is 31.2 Å². The molecular formula is C16H21. The average molecular weight is 213 g/mol. The van der Waals surface area contributed by atoms with Crippen LogP contribution in [0.1, 0.15) is 51.0 Å². The van der Waals surface area contributed by atoms with Gasteiger partial charge in [0.15, 0.2) is 0 Å². The predicted molar refractivity (Wildman–Crippen MR) is 70.1 cm³/mol. The summed E-state index contributed by atoms with van der Waals surface area (Å²) in [6.45, 7) is 2.28. The van der Waals surface area contributed by atoms with E-state index in [9.17, 15) is 0 Å². The molecule has 16 heavy (non-hydrogen) atoms. The molecule has 0 heterocycles. The molecule has 1 aromatic carbocycles. The lowest BCUT2D eigenvalue weighted by molar-refractivity contribution is 0.434. The molecule has 0 amide bonds. The molecule has 0 aromatic heterocycles. The lowest BCUT2D eigenvalue weighted by Gasteiger charge is -2.21. The highest BCUT2D eigenvalue weighted by Gasteiger charge is 2.14. The van der Waals surface area contributed by atoms with Crippen molar-refractivity contribution in [2.24, 2.45) is 5.92 Å². The fourth-order valence-electron chi connectivity index (χ4n) is 2.51. The van der Waals surface area contributed by atoms with Crippen LogP contribution in [0.2, 0.25) is 0 Å². The van der Waals surface area contributed by atoms with E-state index in [1.165, 1.54) is 44.1 Å². The summed E-state index contributed by atoms with van der Waals surface area (Å²) in [7, 11) is 0. The first kappa shape index (κ1) is 11.4. The molecule has 0 bridgehead atoms. The van der Waals surface area contributed by atoms with Gasteiger partial charge in [-0.15, -0.1) is 0 Å². The fourth-order valence-corrected chi connectivity index (χ4v) is 2.51. The van der Waals surface area contributed by atoms with Crippen molar-refractivity contribution in [2.45, 2.75) is 45.4 Å². The van der Waals surface area contributed by atoms with Crippen molar-refractivity contribution in [3.05, 3.63) is 42.0 Å². The molecule has 0 N–H and O–H groups in total. The van der Waals surface area contributed by atoms with Crippen molar-refractivity contribution in [3.63, 3.8) is 0 Å². The lowest BCUT2D eigenvalue weighted by atomic mass is 9.84. The standard InChI is InChI=1S/C16H21/c1-2-3-7-14-10-12-16(13-11-14)15-8-5-4-6-9-15/h5-6,8-9,12,14H,2-3,7,10-11,13H2,1H3. The van der Waals surface area contributed by atoms with Crippen LogP contribution in [-0.2, 0) is 0 Å². The second kappa shape index (κ2) is 5.89. The van der Waals surface area contributed by atoms with Crippen molar-refractivity contribution in [1.82, 2.24) is 0 Å². The number of hydrogen-bond acceptors (Lipinski definition) is 0. The summed E-state index contributed by atoms with van der Waals surface area (Å²) >= 11 is 0. The minimum Gasteiger partial charge on any atom is -0.0804 e. The topological polar surface area (TPSA) is 0 Å². The van der Waals surface area contributed by atoms with E-state index >= 15 is 0 Å². The van der Waals surface area contributed by atoms with Crippen molar-refractivity contribution >= 4 is 5.57 Å². The van der Waals surface area contributed by atoms with Crippen molar-refractivity contribution in [3.8, 4) is 0 Å². The number of allylic oxidation sites excluding steroid dienone is 2. The van der Waals surface area contributed by atoms with Gasteiger partial charge in [0.1, 0.15) is 0 Å². The number of unbranched alkanes of at least 4 members (excludes halogenated alkanes) is 1. The Labute approximate surface area is 99.4 Å². The van der Waals surface area contributed by atoms with Gasteiger partial charge in [0, 0.05) is 0 Å². The highest BCUT2D eigenvalue weighted by molar-refractivity contribution is 5.65. The maximum atomic E-state index is 3.08. The van der Waals surface area contributed by atoms with Crippen LogP contribution in [0.25, 0.3) is 5.57 Å². The second-order valence-corrected chi connectivity index (χ2v) is 4.80. The Morgan fingerprint density at radius 2 is 2.12 bits per heavy atom. The third kappa shape index (κ3) is 2.98. The third-order valence-corrected chi connectivity index (χ3v) is 3.57. The molecular weight excluding hydrogens is 192 g/mol. The summed E-state index contributed by atoms with van der Waals surface area (Å²) in [5.74, 6) is 0.943. The van der Waals surface area contributed by atoms with Crippen molar-refractivity contribution < 1.29 is 0 Å². The van der Waals surface area contributed by atoms with E-state index in [1.807, 2.05) is 12.1 Å². The Morgan fingerprint density at radius 3 is 2.75 bits per heavy atom. The quantitative estimate of drug-likeness (QED) is 0.670. The maximum Gasteiger partial charge on any atom is -0.0184 e. The predicted octanol–water partition coefficient (Wildman–Crippen LogP) is 4.86. The number of rotatable bonds is 4. The van der Waals surface area contributed by atoms with E-state index in [0.29, 0.717) is 0 Å². The molecule has 0 aliphatic heterocycles. The number of benzene rings is 1. The van der Waals surface area contributed by atoms with E-state index in [1.54, 1.807) is 5.57 Å². The van der Waals surface area contributed by atoms with Crippen LogP contribution >= 0.6 is 0 Å². The van der Waals surface area contributed by atoms with E-state index in [0.717, 1.165) is 5.92 Å². The van der Waals surface area contributed by atoms with Crippen LogP contribution in [0, 0.1) is 12.0 Å². The Morgan fingerprint density at radius 1 is 1.31 bits per heavy atom. The van der Waals surface area contributed by atoms with Gasteiger partial charge < -0.3 is 0 Å². The van der Waals surface area contributed by atoms with Crippen LogP contribution in [-0.4, -0.2) is 0 Å². The van der Waals surface area contributed by atoms with Gasteiger partial charge in [-0.2, -0.15) is 0 Å². The lowest BCUT2D eigenvalue weighted by Crippen LogP contribution is -2.05. The van der Waals surface area contributed by atoms with E-state index < -0.39 is 0 Å². The molecule has 0 saturated heterocycles. The molecule has 0 nitrogen and oxygen atoms in total. The van der Waals surface area contributed by atoms with Crippen LogP contribution in [0.15, 0.2) is 30.3 Å². The second-order valence-electron chi connectivity index (χ2n) is 4.80. The third-order valence-electron chi connectivity index (χ3n) is 3.57. The minimum atomic E-state index is 0.943. The molecule has 0 fully saturated rings. The molecule has 2 rings (SSSR count). The van der Waals surface area contributed by atoms with Crippen molar-refractivity contribution in [2.75, 3.05) is 0 Å². The maximum absolute atomic E-state index is 3.08. The zero-order valence-corrected chi connectivity index (χ0v) is 10.2. The SMILES string of the molecule is CCCCC1CC=C(c2cc[c]cc2)CC1. The van der Waals surface area contributed by atoms with Gasteiger partial charge in [0.05, 0.1) is 0 Å². The summed E-state index contributed by atoms with van der Waals surface area (Å²) in [4.78, 5) is 0. The Balaban J connectivity index is 1.93. The van der Waals surface area contributed by atoms with Crippen LogP contribution < -0.4 is 0 Å². The first-order chi connectivity index (χ1) is 7.90. The molecule has 0 heteroatoms. The van der Waals surface area contributed by atoms with Gasteiger partial charge in [-0.3, -0.25) is 0 Å². The van der Waals surface area contributed by atoms with Crippen molar-refractivity contribution in [1.29, 1.82) is 0 Å². The summed E-state index contributed by atoms with van der Waals surface area (Å²) in [5.41, 5.74) is 2.94. The fraction of sp³-hybridized carbons (Fsp3) is 0.500. The zero-order valence-electron chi connectivity index (χ0n) is 10.2. The highest BCUT2D eigenvalue weighted by Crippen LogP contribution is 2.32. The summed E-state index contributed by atoms with van der Waals surface area (Å²) in [5, 5.41) is 0. The van der Waals surface area contributed by atoms with Gasteiger partial charge in [-0.25, -0.2) is 0 Å². The van der Waals surface area contributed by atoms with Gasteiger partial charge >= 0.3 is 0 Å². The number of hydrogen-bond donors (Lipinski definition) is 0. The molecule has 1 aliphatic carbocycles. The molecule has 1 unspecified atom stereocenters. The van der Waals surface area contributed by atoms with Gasteiger partial charge in [-0.1, -0.05) is 56.5 Å². The van der Waals surface area contributed by atoms with Gasteiger partial charge in [0.2, 0.25) is 0 Å².